The Balaban J connectivity index is 2.95. The second kappa shape index (κ2) is 4.38. The number of benzene rings is 1. The highest BCUT2D eigenvalue weighted by atomic mass is 28.4. The zero-order chi connectivity index (χ0) is 13.3. The number of halogens is 5. The zero-order valence-corrected chi connectivity index (χ0v) is 10.2. The quantitative estimate of drug-likeness (QED) is 0.605. The average Bonchev–Trinajstić information content (AvgIpc) is 2.15. The van der Waals surface area contributed by atoms with Gasteiger partial charge in [-0.2, -0.15) is 22.0 Å². The third-order valence-corrected chi connectivity index (χ3v) is 4.67. The predicted molar refractivity (Wildman–Crippen MR) is 55.6 cm³/mol. The molecule has 7 heteroatoms. The summed E-state index contributed by atoms with van der Waals surface area (Å²) in [4.78, 5) is 0. The summed E-state index contributed by atoms with van der Waals surface area (Å²) in [7, 11) is -3.29. The molecule has 17 heavy (non-hydrogen) atoms. The molecule has 0 N–H and O–H groups in total. The first-order valence-corrected chi connectivity index (χ1v) is 7.67. The van der Waals surface area contributed by atoms with Gasteiger partial charge in [-0.05, 0) is 18.3 Å². The van der Waals surface area contributed by atoms with Gasteiger partial charge < -0.3 is 4.43 Å². The molecule has 0 aromatic heterocycles. The molecule has 0 atom stereocenters. The molecular formula is C10H11F5OSi. The molecule has 1 rings (SSSR count). The highest BCUT2D eigenvalue weighted by Crippen LogP contribution is 2.38. The predicted octanol–water partition coefficient (Wildman–Crippen LogP) is 3.27. The Bertz CT molecular complexity index is 374. The van der Waals surface area contributed by atoms with Gasteiger partial charge in [-0.1, -0.05) is 30.3 Å². The van der Waals surface area contributed by atoms with Crippen LogP contribution < -0.4 is 5.19 Å². The van der Waals surface area contributed by atoms with Crippen LogP contribution in [0.2, 0.25) is 13.1 Å². The molecule has 0 aliphatic heterocycles. The second-order valence-electron chi connectivity index (χ2n) is 3.99. The summed E-state index contributed by atoms with van der Waals surface area (Å²) < 4.78 is 65.7. The van der Waals surface area contributed by atoms with E-state index in [-0.39, 0.29) is 0 Å². The maximum Gasteiger partial charge on any atom is 0.481 e. The Kier molecular flexibility index (Phi) is 3.63. The van der Waals surface area contributed by atoms with Crippen LogP contribution in [0.4, 0.5) is 22.0 Å². The van der Waals surface area contributed by atoms with Crippen molar-refractivity contribution in [2.75, 3.05) is 0 Å². The van der Waals surface area contributed by atoms with E-state index >= 15 is 0 Å². The number of hydrogen-bond donors (Lipinski definition) is 0. The minimum Gasteiger partial charge on any atom is -0.351 e. The molecule has 0 radical (unpaired) electrons. The summed E-state index contributed by atoms with van der Waals surface area (Å²) in [6.07, 6.45) is -10.8. The van der Waals surface area contributed by atoms with Crippen molar-refractivity contribution in [1.29, 1.82) is 0 Å². The average molecular weight is 270 g/mol. The van der Waals surface area contributed by atoms with Gasteiger partial charge in [0.1, 0.15) is 0 Å². The highest BCUT2D eigenvalue weighted by Gasteiger charge is 2.61. The van der Waals surface area contributed by atoms with Gasteiger partial charge in [0, 0.05) is 0 Å². The third-order valence-electron chi connectivity index (χ3n) is 2.18. The van der Waals surface area contributed by atoms with Crippen molar-refractivity contribution in [1.82, 2.24) is 0 Å². The van der Waals surface area contributed by atoms with Gasteiger partial charge in [-0.15, -0.1) is 0 Å². The lowest BCUT2D eigenvalue weighted by molar-refractivity contribution is -0.364. The molecule has 0 spiro atoms. The molecule has 0 saturated heterocycles. The van der Waals surface area contributed by atoms with Crippen molar-refractivity contribution >= 4 is 13.5 Å². The first kappa shape index (κ1) is 14.1. The molecule has 1 aromatic carbocycles. The topological polar surface area (TPSA) is 9.23 Å². The van der Waals surface area contributed by atoms with Crippen LogP contribution in [0.15, 0.2) is 30.3 Å². The largest absolute Gasteiger partial charge is 0.481 e. The van der Waals surface area contributed by atoms with Gasteiger partial charge in [0.25, 0.3) is 0 Å². The molecule has 1 nitrogen and oxygen atoms in total. The summed E-state index contributed by atoms with van der Waals surface area (Å²) in [6, 6.07) is 7.76. The molecule has 0 aliphatic rings. The van der Waals surface area contributed by atoms with E-state index in [0.29, 0.717) is 5.19 Å². The van der Waals surface area contributed by atoms with Crippen LogP contribution in [0.25, 0.3) is 0 Å². The van der Waals surface area contributed by atoms with Gasteiger partial charge >= 0.3 is 12.3 Å². The SMILES string of the molecule is C[Si](C)(OC(F)(F)C(F)(F)F)c1ccccc1. The second-order valence-corrected chi connectivity index (χ2v) is 7.80. The van der Waals surface area contributed by atoms with E-state index in [2.05, 4.69) is 4.43 Å². The van der Waals surface area contributed by atoms with E-state index in [1.54, 1.807) is 18.2 Å². The molecule has 0 bridgehead atoms. The Morgan fingerprint density at radius 1 is 0.941 bits per heavy atom. The van der Waals surface area contributed by atoms with Crippen LogP contribution >= 0.6 is 0 Å². The van der Waals surface area contributed by atoms with Gasteiger partial charge in [0.05, 0.1) is 0 Å². The molecule has 0 saturated carbocycles. The maximum atomic E-state index is 12.8. The van der Waals surface area contributed by atoms with Gasteiger partial charge in [0.15, 0.2) is 0 Å². The van der Waals surface area contributed by atoms with Crippen molar-refractivity contribution in [2.24, 2.45) is 0 Å². The van der Waals surface area contributed by atoms with Crippen LogP contribution in [0.5, 0.6) is 0 Å². The normalized spacial score (nSPS) is 13.8. The standard InChI is InChI=1S/C10H11F5OSi/c1-17(2,8-6-4-3-5-7-8)16-10(14,15)9(11,12)13/h3-7H,1-2H3. The lowest BCUT2D eigenvalue weighted by atomic mass is 10.4. The van der Waals surface area contributed by atoms with Crippen LogP contribution in [0, 0.1) is 0 Å². The van der Waals surface area contributed by atoms with Crippen molar-refractivity contribution < 1.29 is 26.4 Å². The van der Waals surface area contributed by atoms with Crippen molar-refractivity contribution in [3.05, 3.63) is 30.3 Å². The smallest absolute Gasteiger partial charge is 0.351 e. The molecule has 0 aliphatic carbocycles. The minimum absolute atomic E-state index is 0.379. The van der Waals surface area contributed by atoms with Gasteiger partial charge in [-0.25, -0.2) is 0 Å². The van der Waals surface area contributed by atoms with Gasteiger partial charge in [0.2, 0.25) is 8.32 Å². The van der Waals surface area contributed by atoms with E-state index in [1.165, 1.54) is 25.2 Å². The summed E-state index contributed by atoms with van der Waals surface area (Å²) >= 11 is 0. The first-order valence-electron chi connectivity index (χ1n) is 4.76. The fraction of sp³-hybridized carbons (Fsp3) is 0.400. The summed E-state index contributed by atoms with van der Waals surface area (Å²) in [5, 5.41) is 0.379. The highest BCUT2D eigenvalue weighted by molar-refractivity contribution is 6.84. The number of alkyl halides is 5. The Labute approximate surface area is 96.3 Å². The lowest BCUT2D eigenvalue weighted by Crippen LogP contribution is -2.54. The maximum absolute atomic E-state index is 12.8. The molecular weight excluding hydrogens is 259 g/mol. The summed E-state index contributed by atoms with van der Waals surface area (Å²) in [5.41, 5.74) is 0. The fourth-order valence-corrected chi connectivity index (χ4v) is 3.15. The van der Waals surface area contributed by atoms with Crippen LogP contribution in [0.1, 0.15) is 0 Å². The Morgan fingerprint density at radius 2 is 1.41 bits per heavy atom. The van der Waals surface area contributed by atoms with Crippen LogP contribution in [-0.4, -0.2) is 20.6 Å². The Morgan fingerprint density at radius 3 is 1.82 bits per heavy atom. The minimum atomic E-state index is -5.69. The first-order chi connectivity index (χ1) is 7.56. The zero-order valence-electron chi connectivity index (χ0n) is 9.18. The molecule has 96 valence electrons. The van der Waals surface area contributed by atoms with E-state index < -0.39 is 20.6 Å². The van der Waals surface area contributed by atoms with E-state index in [4.69, 9.17) is 0 Å². The molecule has 0 amide bonds. The van der Waals surface area contributed by atoms with E-state index in [1.807, 2.05) is 0 Å². The fourth-order valence-electron chi connectivity index (χ4n) is 1.28. The van der Waals surface area contributed by atoms with E-state index in [0.717, 1.165) is 0 Å². The lowest BCUT2D eigenvalue weighted by Gasteiger charge is -2.30. The molecule has 1 aromatic rings. The van der Waals surface area contributed by atoms with Crippen molar-refractivity contribution in [2.45, 2.75) is 25.4 Å². The molecule has 0 unspecified atom stereocenters. The summed E-state index contributed by atoms with van der Waals surface area (Å²) in [5.74, 6) is 0. The molecule has 0 heterocycles. The van der Waals surface area contributed by atoms with Gasteiger partial charge in [-0.3, -0.25) is 0 Å². The van der Waals surface area contributed by atoms with Crippen molar-refractivity contribution in [3.63, 3.8) is 0 Å². The van der Waals surface area contributed by atoms with Crippen molar-refractivity contribution in [3.8, 4) is 0 Å². The Hall–Kier alpha value is -0.953. The molecule has 0 fully saturated rings. The number of hydrogen-bond acceptors (Lipinski definition) is 1. The monoisotopic (exact) mass is 270 g/mol. The number of rotatable bonds is 3. The third kappa shape index (κ3) is 3.26. The van der Waals surface area contributed by atoms with Crippen LogP contribution in [0.3, 0.4) is 0 Å². The van der Waals surface area contributed by atoms with E-state index in [9.17, 15) is 22.0 Å². The summed E-state index contributed by atoms with van der Waals surface area (Å²) in [6.45, 7) is 2.59. The van der Waals surface area contributed by atoms with Crippen LogP contribution in [-0.2, 0) is 4.43 Å².